The lowest BCUT2D eigenvalue weighted by molar-refractivity contribution is -0.137. The Hall–Kier alpha value is -1.42. The Morgan fingerprint density at radius 3 is 2.67 bits per heavy atom. The van der Waals surface area contributed by atoms with Gasteiger partial charge in [-0.2, -0.15) is 0 Å². The summed E-state index contributed by atoms with van der Waals surface area (Å²) in [6, 6.07) is 0. The lowest BCUT2D eigenvalue weighted by atomic mass is 9.83. The van der Waals surface area contributed by atoms with E-state index in [0.29, 0.717) is 31.1 Å². The van der Waals surface area contributed by atoms with Gasteiger partial charge >= 0.3 is 5.97 Å². The number of carboxylic acid groups (broad SMARTS) is 1. The van der Waals surface area contributed by atoms with Crippen LogP contribution < -0.4 is 0 Å². The molecule has 2 rings (SSSR count). The Bertz CT molecular complexity index is 585. The van der Waals surface area contributed by atoms with Crippen LogP contribution in [0, 0.1) is 23.7 Å². The number of carboxylic acids is 1. The maximum atomic E-state index is 12.8. The first-order chi connectivity index (χ1) is 12.8. The molecule has 5 atom stereocenters. The zero-order valence-corrected chi connectivity index (χ0v) is 17.1. The molecule has 152 valence electrons. The Morgan fingerprint density at radius 1 is 1.26 bits per heavy atom. The van der Waals surface area contributed by atoms with Crippen molar-refractivity contribution in [1.82, 2.24) is 0 Å². The number of carbonyl (C=O) groups excluding carboxylic acids is 1. The molecule has 1 fully saturated rings. The number of aliphatic hydroxyl groups excluding tert-OH is 1. The summed E-state index contributed by atoms with van der Waals surface area (Å²) in [7, 11) is 0. The fourth-order valence-electron chi connectivity index (χ4n) is 4.67. The van der Waals surface area contributed by atoms with Gasteiger partial charge in [0.15, 0.2) is 0 Å². The first-order valence-corrected chi connectivity index (χ1v) is 10.5. The maximum absolute atomic E-state index is 12.8. The van der Waals surface area contributed by atoms with Crippen LogP contribution in [0.25, 0.3) is 0 Å². The van der Waals surface area contributed by atoms with Crippen LogP contribution in [-0.4, -0.2) is 28.1 Å². The van der Waals surface area contributed by atoms with Gasteiger partial charge in [0.25, 0.3) is 0 Å². The minimum Gasteiger partial charge on any atom is -0.481 e. The van der Waals surface area contributed by atoms with Crippen molar-refractivity contribution in [3.63, 3.8) is 0 Å². The predicted molar refractivity (Wildman–Crippen MR) is 107 cm³/mol. The van der Waals surface area contributed by atoms with Crippen LogP contribution in [0.4, 0.5) is 0 Å². The lowest BCUT2D eigenvalue weighted by Crippen LogP contribution is -2.28. The van der Waals surface area contributed by atoms with E-state index >= 15 is 0 Å². The fourth-order valence-corrected chi connectivity index (χ4v) is 4.67. The first-order valence-electron chi connectivity index (χ1n) is 10.5. The first kappa shape index (κ1) is 21.9. The van der Waals surface area contributed by atoms with Crippen LogP contribution in [0.2, 0.25) is 0 Å². The summed E-state index contributed by atoms with van der Waals surface area (Å²) in [6.07, 6.45) is 10.8. The molecule has 0 saturated heterocycles. The molecule has 2 N–H and O–H groups in total. The number of carbonyl (C=O) groups is 2. The number of ketones is 1. The Labute approximate surface area is 163 Å². The average Bonchev–Trinajstić information content (AvgIpc) is 3.10. The zero-order chi connectivity index (χ0) is 20.0. The van der Waals surface area contributed by atoms with Crippen LogP contribution >= 0.6 is 0 Å². The lowest BCUT2D eigenvalue weighted by Gasteiger charge is -2.21. The van der Waals surface area contributed by atoms with E-state index in [9.17, 15) is 14.7 Å². The second-order valence-corrected chi connectivity index (χ2v) is 8.91. The van der Waals surface area contributed by atoms with Gasteiger partial charge in [0.2, 0.25) is 0 Å². The van der Waals surface area contributed by atoms with Crippen molar-refractivity contribution in [1.29, 1.82) is 0 Å². The molecule has 0 spiro atoms. The van der Waals surface area contributed by atoms with E-state index < -0.39 is 12.1 Å². The number of rotatable bonds is 11. The largest absolute Gasteiger partial charge is 0.481 e. The van der Waals surface area contributed by atoms with Crippen LogP contribution in [0.1, 0.15) is 78.6 Å². The number of fused-ring (bicyclic) bond motifs is 1. The van der Waals surface area contributed by atoms with Crippen molar-refractivity contribution in [3.8, 4) is 0 Å². The van der Waals surface area contributed by atoms with Gasteiger partial charge in [0.05, 0.1) is 6.10 Å². The monoisotopic (exact) mass is 376 g/mol. The van der Waals surface area contributed by atoms with Crippen molar-refractivity contribution in [2.24, 2.45) is 23.7 Å². The van der Waals surface area contributed by atoms with Crippen LogP contribution in [0.15, 0.2) is 23.3 Å². The quantitative estimate of drug-likeness (QED) is 0.397. The summed E-state index contributed by atoms with van der Waals surface area (Å²) >= 11 is 0. The Balaban J connectivity index is 1.80. The van der Waals surface area contributed by atoms with E-state index in [4.69, 9.17) is 5.11 Å². The fraction of sp³-hybridized carbons (Fsp3) is 0.739. The Morgan fingerprint density at radius 2 is 2.00 bits per heavy atom. The second-order valence-electron chi connectivity index (χ2n) is 8.91. The molecule has 0 aromatic heterocycles. The number of aliphatic carboxylic acids is 1. The van der Waals surface area contributed by atoms with E-state index in [2.05, 4.69) is 32.9 Å². The van der Waals surface area contributed by atoms with E-state index in [1.165, 1.54) is 11.1 Å². The van der Waals surface area contributed by atoms with Crippen molar-refractivity contribution < 1.29 is 19.8 Å². The molecule has 0 aromatic rings. The van der Waals surface area contributed by atoms with Gasteiger partial charge in [-0.3, -0.25) is 9.59 Å². The molecule has 2 aliphatic rings. The second kappa shape index (κ2) is 10.2. The number of allylic oxidation sites excluding steroid dienone is 4. The van der Waals surface area contributed by atoms with E-state index in [0.717, 1.165) is 32.1 Å². The maximum Gasteiger partial charge on any atom is 0.303 e. The van der Waals surface area contributed by atoms with Crippen LogP contribution in [-0.2, 0) is 9.59 Å². The molecular formula is C23H36O4. The number of hydrogen-bond donors (Lipinski definition) is 2. The van der Waals surface area contributed by atoms with Gasteiger partial charge in [-0.15, -0.1) is 0 Å². The predicted octanol–water partition coefficient (Wildman–Crippen LogP) is 4.92. The van der Waals surface area contributed by atoms with E-state index in [1.54, 1.807) is 0 Å². The third-order valence-electron chi connectivity index (χ3n) is 6.21. The summed E-state index contributed by atoms with van der Waals surface area (Å²) in [6.45, 7) is 6.38. The van der Waals surface area contributed by atoms with E-state index in [1.807, 2.05) is 0 Å². The number of unbranched alkanes of at least 4 members (excludes halogenated alkanes) is 1. The molecule has 2 aliphatic carbocycles. The van der Waals surface area contributed by atoms with E-state index in [-0.39, 0.29) is 24.0 Å². The highest BCUT2D eigenvalue weighted by molar-refractivity contribution is 5.82. The average molecular weight is 377 g/mol. The third kappa shape index (κ3) is 6.60. The molecule has 27 heavy (non-hydrogen) atoms. The minimum atomic E-state index is -0.736. The SMILES string of the molecule is CC(C)=CCC(C)CCC(=O)[C@H]1[C@@H]2CC(CCCCC(=O)O)=C[C@@H]2C[C@@H]1O. The van der Waals surface area contributed by atoms with Crippen molar-refractivity contribution in [2.75, 3.05) is 0 Å². The molecule has 4 heteroatoms. The highest BCUT2D eigenvalue weighted by atomic mass is 16.4. The molecule has 0 aliphatic heterocycles. The van der Waals surface area contributed by atoms with Gasteiger partial charge in [-0.05, 0) is 76.5 Å². The number of hydrogen-bond acceptors (Lipinski definition) is 3. The summed E-state index contributed by atoms with van der Waals surface area (Å²) in [5.74, 6) is 0.365. The number of Topliss-reactive ketones (excluding diaryl/α,β-unsaturated/α-hetero) is 1. The van der Waals surface area contributed by atoms with Crippen LogP contribution in [0.5, 0.6) is 0 Å². The topological polar surface area (TPSA) is 74.6 Å². The van der Waals surface area contributed by atoms with Gasteiger partial charge in [-0.1, -0.05) is 30.2 Å². The normalized spacial score (nSPS) is 27.8. The van der Waals surface area contributed by atoms with Crippen molar-refractivity contribution in [3.05, 3.63) is 23.3 Å². The summed E-state index contributed by atoms with van der Waals surface area (Å²) in [4.78, 5) is 23.4. The van der Waals surface area contributed by atoms with Gasteiger partial charge in [0.1, 0.15) is 5.78 Å². The van der Waals surface area contributed by atoms with Gasteiger partial charge in [0, 0.05) is 18.8 Å². The van der Waals surface area contributed by atoms with Crippen molar-refractivity contribution in [2.45, 2.75) is 84.7 Å². The minimum absolute atomic E-state index is 0.210. The zero-order valence-electron chi connectivity index (χ0n) is 17.1. The highest BCUT2D eigenvalue weighted by Gasteiger charge is 2.47. The van der Waals surface area contributed by atoms with Gasteiger partial charge in [-0.25, -0.2) is 0 Å². The molecule has 0 heterocycles. The summed E-state index contributed by atoms with van der Waals surface area (Å²) in [5, 5.41) is 19.2. The molecule has 1 saturated carbocycles. The Kier molecular flexibility index (Phi) is 8.28. The highest BCUT2D eigenvalue weighted by Crippen LogP contribution is 2.48. The summed E-state index contributed by atoms with van der Waals surface area (Å²) < 4.78 is 0. The molecule has 0 aromatic carbocycles. The van der Waals surface area contributed by atoms with Crippen LogP contribution in [0.3, 0.4) is 0 Å². The third-order valence-corrected chi connectivity index (χ3v) is 6.21. The standard InChI is InChI=1S/C23H36O4/c1-15(2)8-9-16(3)10-11-20(24)23-19-13-17(6-4-5-7-22(26)27)12-18(19)14-21(23)25/h8,12,16,18-19,21,23,25H,4-7,9-11,13-14H2,1-3H3,(H,26,27)/t16?,18-,19-,21+,23-/m1/s1. The smallest absolute Gasteiger partial charge is 0.303 e. The molecular weight excluding hydrogens is 340 g/mol. The number of aliphatic hydroxyl groups is 1. The molecule has 0 bridgehead atoms. The molecule has 1 unspecified atom stereocenters. The molecule has 0 radical (unpaired) electrons. The molecule has 0 amide bonds. The van der Waals surface area contributed by atoms with Crippen molar-refractivity contribution >= 4 is 11.8 Å². The molecule has 4 nitrogen and oxygen atoms in total. The summed E-state index contributed by atoms with van der Waals surface area (Å²) in [5.41, 5.74) is 2.67. The van der Waals surface area contributed by atoms with Gasteiger partial charge < -0.3 is 10.2 Å².